The van der Waals surface area contributed by atoms with Crippen LogP contribution in [0.15, 0.2) is 4.99 Å². The fourth-order valence-electron chi connectivity index (χ4n) is 1.36. The van der Waals surface area contributed by atoms with Crippen molar-refractivity contribution >= 4 is 5.71 Å². The Hall–Kier alpha value is -0.370. The maximum Gasteiger partial charge on any atom is 0.196 e. The van der Waals surface area contributed by atoms with E-state index in [1.165, 1.54) is 25.0 Å². The van der Waals surface area contributed by atoms with E-state index in [9.17, 15) is 0 Å². The minimum absolute atomic E-state index is 0.486. The van der Waals surface area contributed by atoms with Gasteiger partial charge in [0.15, 0.2) is 6.67 Å². The predicted octanol–water partition coefficient (Wildman–Crippen LogP) is 2.00. The molecule has 0 bridgehead atoms. The van der Waals surface area contributed by atoms with Gasteiger partial charge in [-0.15, -0.1) is 0 Å². The molecule has 11 heavy (non-hydrogen) atoms. The van der Waals surface area contributed by atoms with E-state index in [-0.39, 0.29) is 0 Å². The molecule has 0 fully saturated rings. The number of aliphatic imine (C=N–C) groups is 1. The van der Waals surface area contributed by atoms with Crippen LogP contribution in [-0.2, 0) is 0 Å². The lowest BCUT2D eigenvalue weighted by Gasteiger charge is -2.10. The van der Waals surface area contributed by atoms with Crippen LogP contribution in [-0.4, -0.2) is 11.8 Å². The molecule has 1 heterocycles. The molecule has 0 spiro atoms. The minimum Gasteiger partial charge on any atom is -0.278 e. The molecule has 1 atom stereocenters. The second-order valence-corrected chi connectivity index (χ2v) is 2.95. The van der Waals surface area contributed by atoms with Crippen molar-refractivity contribution in [2.45, 2.75) is 45.6 Å². The van der Waals surface area contributed by atoms with E-state index in [4.69, 9.17) is 0 Å². The monoisotopic (exact) mass is 152 g/mol. The van der Waals surface area contributed by atoms with Gasteiger partial charge in [-0.05, 0) is 12.8 Å². The molecule has 0 amide bonds. The molecule has 0 saturated carbocycles. The maximum absolute atomic E-state index is 4.18. The van der Waals surface area contributed by atoms with Crippen molar-refractivity contribution in [3.63, 3.8) is 0 Å². The van der Waals surface area contributed by atoms with Gasteiger partial charge in [0.05, 0.1) is 0 Å². The molecule has 0 saturated heterocycles. The van der Waals surface area contributed by atoms with Crippen molar-refractivity contribution in [1.82, 2.24) is 5.32 Å². The predicted molar refractivity (Wildman–Crippen MR) is 47.4 cm³/mol. The lowest BCUT2D eigenvalue weighted by molar-refractivity contribution is 0.645. The fraction of sp³-hybridized carbons (Fsp3) is 0.778. The van der Waals surface area contributed by atoms with E-state index in [0.29, 0.717) is 6.04 Å². The normalized spacial score (nSPS) is 23.8. The number of hydrogen-bond acceptors (Lipinski definition) is 2. The maximum atomic E-state index is 4.18. The highest BCUT2D eigenvalue weighted by molar-refractivity contribution is 5.91. The zero-order valence-electron chi connectivity index (χ0n) is 7.35. The summed E-state index contributed by atoms with van der Waals surface area (Å²) in [6.07, 6.45) is 4.70. The van der Waals surface area contributed by atoms with E-state index in [2.05, 4.69) is 30.8 Å². The average Bonchev–Trinajstić information content (AvgIpc) is 2.39. The minimum atomic E-state index is 0.486. The van der Waals surface area contributed by atoms with Crippen LogP contribution in [0, 0.1) is 6.67 Å². The summed E-state index contributed by atoms with van der Waals surface area (Å²) in [5.74, 6) is 0. The topological polar surface area (TPSA) is 24.4 Å². The molecule has 0 aliphatic carbocycles. The van der Waals surface area contributed by atoms with Gasteiger partial charge in [0.1, 0.15) is 0 Å². The fourth-order valence-corrected chi connectivity index (χ4v) is 1.36. The lowest BCUT2D eigenvalue weighted by Crippen LogP contribution is -2.28. The van der Waals surface area contributed by atoms with Gasteiger partial charge in [0, 0.05) is 11.8 Å². The summed E-state index contributed by atoms with van der Waals surface area (Å²) in [7, 11) is 0. The van der Waals surface area contributed by atoms with Gasteiger partial charge in [-0.1, -0.05) is 26.7 Å². The first kappa shape index (κ1) is 8.72. The van der Waals surface area contributed by atoms with E-state index in [1.54, 1.807) is 0 Å². The van der Waals surface area contributed by atoms with Crippen LogP contribution in [0.2, 0.25) is 0 Å². The quantitative estimate of drug-likeness (QED) is 0.654. The van der Waals surface area contributed by atoms with E-state index >= 15 is 0 Å². The molecule has 1 rings (SSSR count). The molecule has 2 radical (unpaired) electrons. The van der Waals surface area contributed by atoms with Crippen molar-refractivity contribution in [3.05, 3.63) is 6.67 Å². The Kier molecular flexibility index (Phi) is 3.57. The molecule has 1 aliphatic heterocycles. The molecule has 0 aromatic rings. The highest BCUT2D eigenvalue weighted by atomic mass is 15.1. The molecule has 1 unspecified atom stereocenters. The number of hydrogen-bond donors (Lipinski definition) is 1. The zero-order valence-corrected chi connectivity index (χ0v) is 7.35. The molecule has 0 aromatic carbocycles. The first-order chi connectivity index (χ1) is 5.38. The second-order valence-electron chi connectivity index (χ2n) is 2.95. The Balaban J connectivity index is 2.35. The summed E-state index contributed by atoms with van der Waals surface area (Å²) in [5, 5.41) is 3.14. The van der Waals surface area contributed by atoms with Crippen molar-refractivity contribution in [1.29, 1.82) is 0 Å². The van der Waals surface area contributed by atoms with Gasteiger partial charge < -0.3 is 0 Å². The zero-order chi connectivity index (χ0) is 8.10. The van der Waals surface area contributed by atoms with Gasteiger partial charge in [-0.25, -0.2) is 0 Å². The Morgan fingerprint density at radius 3 is 2.91 bits per heavy atom. The lowest BCUT2D eigenvalue weighted by atomic mass is 10.0. The first-order valence-corrected chi connectivity index (χ1v) is 4.45. The molecular weight excluding hydrogens is 136 g/mol. The van der Waals surface area contributed by atoms with Gasteiger partial charge in [-0.2, -0.15) is 0 Å². The van der Waals surface area contributed by atoms with Gasteiger partial charge >= 0.3 is 0 Å². The number of nitrogens with zero attached hydrogens (tertiary/aromatic N) is 1. The standard InChI is InChI=1S/C9H16N2/c1-3-5-8-9(6-4-2)11-7-10-8/h8,10H,3-6H2,1-2H3. The van der Waals surface area contributed by atoms with Crippen molar-refractivity contribution in [2.75, 3.05) is 0 Å². The summed E-state index contributed by atoms with van der Waals surface area (Å²) in [4.78, 5) is 4.18. The van der Waals surface area contributed by atoms with Crippen LogP contribution in [0.5, 0.6) is 0 Å². The summed E-state index contributed by atoms with van der Waals surface area (Å²) < 4.78 is 0. The number of rotatable bonds is 4. The molecule has 62 valence electrons. The summed E-state index contributed by atoms with van der Waals surface area (Å²) in [6.45, 7) is 7.21. The van der Waals surface area contributed by atoms with Crippen LogP contribution < -0.4 is 5.32 Å². The smallest absolute Gasteiger partial charge is 0.196 e. The third-order valence-corrected chi connectivity index (χ3v) is 1.92. The van der Waals surface area contributed by atoms with Crippen LogP contribution in [0.1, 0.15) is 39.5 Å². The van der Waals surface area contributed by atoms with E-state index in [1.807, 2.05) is 0 Å². The average molecular weight is 152 g/mol. The summed E-state index contributed by atoms with van der Waals surface area (Å²) in [5.41, 5.74) is 1.29. The highest BCUT2D eigenvalue weighted by Crippen LogP contribution is 2.10. The Labute approximate surface area is 69.1 Å². The van der Waals surface area contributed by atoms with Crippen LogP contribution in [0.25, 0.3) is 0 Å². The third-order valence-electron chi connectivity index (χ3n) is 1.92. The van der Waals surface area contributed by atoms with Crippen LogP contribution in [0.4, 0.5) is 0 Å². The molecule has 1 N–H and O–H groups in total. The van der Waals surface area contributed by atoms with Crippen LogP contribution in [0.3, 0.4) is 0 Å². The SMILES string of the molecule is CCCC1=N[C]NC1CCC. The van der Waals surface area contributed by atoms with Gasteiger partial charge in [0.25, 0.3) is 0 Å². The molecule has 1 aliphatic rings. The van der Waals surface area contributed by atoms with E-state index in [0.717, 1.165) is 6.42 Å². The second kappa shape index (κ2) is 4.50. The van der Waals surface area contributed by atoms with Crippen LogP contribution >= 0.6 is 0 Å². The van der Waals surface area contributed by atoms with Gasteiger partial charge in [-0.3, -0.25) is 10.3 Å². The first-order valence-electron chi connectivity index (χ1n) is 4.45. The van der Waals surface area contributed by atoms with E-state index < -0.39 is 0 Å². The van der Waals surface area contributed by atoms with Crippen molar-refractivity contribution < 1.29 is 0 Å². The molecular formula is C9H16N2. The summed E-state index contributed by atoms with van der Waals surface area (Å²) in [6, 6.07) is 0.486. The Bertz CT molecular complexity index is 140. The molecule has 0 aromatic heterocycles. The largest absolute Gasteiger partial charge is 0.278 e. The Morgan fingerprint density at radius 1 is 1.45 bits per heavy atom. The Morgan fingerprint density at radius 2 is 2.27 bits per heavy atom. The molecule has 2 nitrogen and oxygen atoms in total. The highest BCUT2D eigenvalue weighted by Gasteiger charge is 2.18. The van der Waals surface area contributed by atoms with Gasteiger partial charge in [0.2, 0.25) is 0 Å². The van der Waals surface area contributed by atoms with Crippen molar-refractivity contribution in [3.8, 4) is 0 Å². The summed E-state index contributed by atoms with van der Waals surface area (Å²) >= 11 is 0. The third kappa shape index (κ3) is 2.29. The molecule has 2 heteroatoms. The number of nitrogens with one attached hydrogen (secondary N) is 1. The van der Waals surface area contributed by atoms with Crippen molar-refractivity contribution in [2.24, 2.45) is 4.99 Å².